The van der Waals surface area contributed by atoms with E-state index in [1.165, 1.54) is 19.2 Å². The fourth-order valence-corrected chi connectivity index (χ4v) is 2.92. The first-order valence-electron chi connectivity index (χ1n) is 6.29. The van der Waals surface area contributed by atoms with Gasteiger partial charge in [-0.25, -0.2) is 0 Å². The maximum atomic E-state index is 12.2. The van der Waals surface area contributed by atoms with Gasteiger partial charge in [0.2, 0.25) is 0 Å². The van der Waals surface area contributed by atoms with Crippen molar-refractivity contribution >= 4 is 29.1 Å². The van der Waals surface area contributed by atoms with E-state index in [1.807, 2.05) is 13.8 Å². The molecule has 110 valence electrons. The fraction of sp³-hybridized carbons (Fsp3) is 0.500. The highest BCUT2D eigenvalue weighted by Crippen LogP contribution is 2.40. The highest BCUT2D eigenvalue weighted by atomic mass is 35.5. The van der Waals surface area contributed by atoms with E-state index in [0.717, 1.165) is 0 Å². The molecule has 1 aromatic rings. The summed E-state index contributed by atoms with van der Waals surface area (Å²) in [4.78, 5) is 12.2. The molecule has 0 saturated heterocycles. The van der Waals surface area contributed by atoms with E-state index < -0.39 is 6.10 Å². The van der Waals surface area contributed by atoms with Crippen LogP contribution in [0.4, 0.5) is 0 Å². The number of carbonyl (C=O) groups excluding carboxylic acids is 1. The van der Waals surface area contributed by atoms with Gasteiger partial charge >= 0.3 is 0 Å². The first-order chi connectivity index (χ1) is 9.27. The Morgan fingerprint density at radius 1 is 1.40 bits per heavy atom. The Labute approximate surface area is 128 Å². The SMILES string of the molecule is COc1c(Cl)cc(C(=O)NC2CC(O)C2(C)C)cc1Cl. The predicted molar refractivity (Wildman–Crippen MR) is 78.7 cm³/mol. The largest absolute Gasteiger partial charge is 0.494 e. The summed E-state index contributed by atoms with van der Waals surface area (Å²) >= 11 is 12.0. The smallest absolute Gasteiger partial charge is 0.251 e. The van der Waals surface area contributed by atoms with E-state index in [-0.39, 0.29) is 27.4 Å². The Morgan fingerprint density at radius 3 is 2.35 bits per heavy atom. The quantitative estimate of drug-likeness (QED) is 0.901. The molecule has 0 aliphatic heterocycles. The van der Waals surface area contributed by atoms with Gasteiger partial charge in [0, 0.05) is 17.0 Å². The first-order valence-corrected chi connectivity index (χ1v) is 7.05. The van der Waals surface area contributed by atoms with E-state index in [0.29, 0.717) is 17.7 Å². The van der Waals surface area contributed by atoms with Crippen molar-refractivity contribution in [1.82, 2.24) is 5.32 Å². The zero-order valence-corrected chi connectivity index (χ0v) is 13.0. The van der Waals surface area contributed by atoms with Gasteiger partial charge in [-0.3, -0.25) is 4.79 Å². The average molecular weight is 318 g/mol. The first kappa shape index (κ1) is 15.4. The third kappa shape index (κ3) is 2.60. The molecule has 1 aromatic carbocycles. The van der Waals surface area contributed by atoms with Gasteiger partial charge in [0.1, 0.15) is 0 Å². The van der Waals surface area contributed by atoms with Gasteiger partial charge in [-0.15, -0.1) is 0 Å². The Balaban J connectivity index is 2.15. The van der Waals surface area contributed by atoms with Crippen molar-refractivity contribution in [1.29, 1.82) is 0 Å². The lowest BCUT2D eigenvalue weighted by atomic mass is 9.64. The van der Waals surface area contributed by atoms with Crippen LogP contribution < -0.4 is 10.1 Å². The lowest BCUT2D eigenvalue weighted by Gasteiger charge is -2.49. The molecule has 1 aliphatic carbocycles. The molecule has 0 bridgehead atoms. The van der Waals surface area contributed by atoms with Crippen LogP contribution in [-0.2, 0) is 0 Å². The van der Waals surface area contributed by atoms with Crippen molar-refractivity contribution in [2.24, 2.45) is 5.41 Å². The zero-order chi connectivity index (χ0) is 15.1. The molecule has 20 heavy (non-hydrogen) atoms. The standard InChI is InChI=1S/C14H17Cl2NO3/c1-14(2)10(6-11(14)18)17-13(19)7-4-8(15)12(20-3)9(16)5-7/h4-5,10-11,18H,6H2,1-3H3,(H,17,19). The van der Waals surface area contributed by atoms with Crippen molar-refractivity contribution < 1.29 is 14.6 Å². The zero-order valence-electron chi connectivity index (χ0n) is 11.5. The van der Waals surface area contributed by atoms with Gasteiger partial charge in [-0.1, -0.05) is 37.0 Å². The van der Waals surface area contributed by atoms with Crippen molar-refractivity contribution in [3.05, 3.63) is 27.7 Å². The normalized spacial score (nSPS) is 23.9. The van der Waals surface area contributed by atoms with Gasteiger partial charge in [0.25, 0.3) is 5.91 Å². The number of ether oxygens (including phenoxy) is 1. The number of benzene rings is 1. The highest BCUT2D eigenvalue weighted by Gasteiger charge is 2.48. The van der Waals surface area contributed by atoms with E-state index in [1.54, 1.807) is 0 Å². The summed E-state index contributed by atoms with van der Waals surface area (Å²) in [6, 6.07) is 2.97. The minimum absolute atomic E-state index is 0.0651. The summed E-state index contributed by atoms with van der Waals surface area (Å²) in [6.07, 6.45) is 0.159. The number of amides is 1. The summed E-state index contributed by atoms with van der Waals surface area (Å²) in [5.74, 6) is 0.0886. The number of aliphatic hydroxyl groups is 1. The average Bonchev–Trinajstić information content (AvgIpc) is 2.37. The van der Waals surface area contributed by atoms with Crippen LogP contribution in [0.25, 0.3) is 0 Å². The van der Waals surface area contributed by atoms with Crippen LogP contribution in [0.5, 0.6) is 5.75 Å². The van der Waals surface area contributed by atoms with Gasteiger partial charge < -0.3 is 15.2 Å². The van der Waals surface area contributed by atoms with Crippen LogP contribution >= 0.6 is 23.2 Å². The van der Waals surface area contributed by atoms with Crippen molar-refractivity contribution in [3.8, 4) is 5.75 Å². The molecular weight excluding hydrogens is 301 g/mol. The molecule has 0 spiro atoms. The Bertz CT molecular complexity index is 522. The molecule has 0 radical (unpaired) electrons. The molecule has 0 aromatic heterocycles. The van der Waals surface area contributed by atoms with Crippen LogP contribution in [-0.4, -0.2) is 30.3 Å². The van der Waals surface area contributed by atoms with Gasteiger partial charge in [-0.05, 0) is 18.6 Å². The highest BCUT2D eigenvalue weighted by molar-refractivity contribution is 6.37. The Kier molecular flexibility index (Phi) is 4.19. The molecule has 1 fully saturated rings. The minimum atomic E-state index is -0.393. The minimum Gasteiger partial charge on any atom is -0.494 e. The molecule has 2 atom stereocenters. The molecule has 2 N–H and O–H groups in total. The van der Waals surface area contributed by atoms with Gasteiger partial charge in [0.05, 0.1) is 23.3 Å². The second-order valence-electron chi connectivity index (χ2n) is 5.57. The monoisotopic (exact) mass is 317 g/mol. The lowest BCUT2D eigenvalue weighted by Crippen LogP contribution is -2.61. The molecule has 1 aliphatic rings. The number of rotatable bonds is 3. The lowest BCUT2D eigenvalue weighted by molar-refractivity contribution is -0.0689. The van der Waals surface area contributed by atoms with Crippen LogP contribution in [0.15, 0.2) is 12.1 Å². The summed E-state index contributed by atoms with van der Waals surface area (Å²) in [5, 5.41) is 13.1. The number of aliphatic hydroxyl groups excluding tert-OH is 1. The van der Waals surface area contributed by atoms with Crippen LogP contribution in [0.2, 0.25) is 10.0 Å². The Hall–Kier alpha value is -0.970. The second kappa shape index (κ2) is 5.43. The van der Waals surface area contributed by atoms with Crippen LogP contribution in [0.1, 0.15) is 30.6 Å². The van der Waals surface area contributed by atoms with E-state index in [2.05, 4.69) is 5.32 Å². The fourth-order valence-electron chi connectivity index (χ4n) is 2.27. The number of nitrogens with one attached hydrogen (secondary N) is 1. The molecule has 4 nitrogen and oxygen atoms in total. The summed E-state index contributed by atoms with van der Waals surface area (Å²) < 4.78 is 5.04. The van der Waals surface area contributed by atoms with Crippen LogP contribution in [0.3, 0.4) is 0 Å². The van der Waals surface area contributed by atoms with Crippen LogP contribution in [0, 0.1) is 5.41 Å². The van der Waals surface area contributed by atoms with Crippen molar-refractivity contribution in [2.75, 3.05) is 7.11 Å². The van der Waals surface area contributed by atoms with Crippen molar-refractivity contribution in [3.63, 3.8) is 0 Å². The molecule has 0 heterocycles. The summed E-state index contributed by atoms with van der Waals surface area (Å²) in [6.45, 7) is 3.83. The van der Waals surface area contributed by atoms with Crippen molar-refractivity contribution in [2.45, 2.75) is 32.4 Å². The maximum Gasteiger partial charge on any atom is 0.251 e. The number of halogens is 2. The molecule has 6 heteroatoms. The van der Waals surface area contributed by atoms with E-state index in [9.17, 15) is 9.90 Å². The predicted octanol–water partition coefficient (Wildman–Crippen LogP) is 2.89. The Morgan fingerprint density at radius 2 is 1.95 bits per heavy atom. The topological polar surface area (TPSA) is 58.6 Å². The summed E-state index contributed by atoms with van der Waals surface area (Å²) in [7, 11) is 1.46. The van der Waals surface area contributed by atoms with Gasteiger partial charge in [0.15, 0.2) is 5.75 Å². The molecular formula is C14H17Cl2NO3. The number of hydrogen-bond acceptors (Lipinski definition) is 3. The number of hydrogen-bond donors (Lipinski definition) is 2. The molecule has 2 unspecified atom stereocenters. The second-order valence-corrected chi connectivity index (χ2v) is 6.39. The number of methoxy groups -OCH3 is 1. The third-order valence-electron chi connectivity index (χ3n) is 3.99. The summed E-state index contributed by atoms with van der Waals surface area (Å²) in [5.41, 5.74) is 0.0494. The maximum absolute atomic E-state index is 12.2. The molecule has 1 saturated carbocycles. The van der Waals surface area contributed by atoms with E-state index >= 15 is 0 Å². The van der Waals surface area contributed by atoms with E-state index in [4.69, 9.17) is 27.9 Å². The number of carbonyl (C=O) groups is 1. The third-order valence-corrected chi connectivity index (χ3v) is 4.55. The molecule has 2 rings (SSSR count). The molecule has 1 amide bonds. The van der Waals surface area contributed by atoms with Gasteiger partial charge in [-0.2, -0.15) is 0 Å².